The molecule has 18 heavy (non-hydrogen) atoms. The van der Waals surface area contributed by atoms with Crippen LogP contribution in [0.5, 0.6) is 0 Å². The Morgan fingerprint density at radius 2 is 1.11 bits per heavy atom. The van der Waals surface area contributed by atoms with Crippen molar-refractivity contribution in [2.75, 3.05) is 0 Å². The Labute approximate surface area is 108 Å². The second kappa shape index (κ2) is 4.92. The molecule has 1 aliphatic rings. The summed E-state index contributed by atoms with van der Waals surface area (Å²) in [6.07, 6.45) is 2.25. The van der Waals surface area contributed by atoms with Crippen molar-refractivity contribution in [1.29, 1.82) is 0 Å². The maximum absolute atomic E-state index is 6.32. The summed E-state index contributed by atoms with van der Waals surface area (Å²) in [5.41, 5.74) is 2.64. The van der Waals surface area contributed by atoms with Crippen molar-refractivity contribution in [2.24, 2.45) is 5.84 Å². The zero-order valence-corrected chi connectivity index (χ0v) is 10.4. The molecule has 0 bridgehead atoms. The van der Waals surface area contributed by atoms with E-state index in [1.54, 1.807) is 0 Å². The minimum Gasteiger partial charge on any atom is -0.268 e. The zero-order valence-electron chi connectivity index (χ0n) is 10.4. The van der Waals surface area contributed by atoms with E-state index in [0.717, 1.165) is 12.8 Å². The maximum atomic E-state index is 6.32. The Morgan fingerprint density at radius 3 is 1.50 bits per heavy atom. The minimum atomic E-state index is 0.344. The molecule has 1 saturated heterocycles. The highest BCUT2D eigenvalue weighted by Crippen LogP contribution is 2.40. The number of hydrazine groups is 1. The van der Waals surface area contributed by atoms with E-state index in [2.05, 4.69) is 48.5 Å². The third-order valence-electron chi connectivity index (χ3n) is 3.80. The molecule has 0 amide bonds. The molecule has 92 valence electrons. The molecule has 2 N–H and O–H groups in total. The summed E-state index contributed by atoms with van der Waals surface area (Å²) >= 11 is 0. The fourth-order valence-corrected chi connectivity index (χ4v) is 2.86. The first-order valence-corrected chi connectivity index (χ1v) is 6.49. The Morgan fingerprint density at radius 1 is 0.722 bits per heavy atom. The average molecular weight is 238 g/mol. The molecule has 1 aliphatic heterocycles. The fraction of sp³-hybridized carbons (Fsp3) is 0.250. The fourth-order valence-electron chi connectivity index (χ4n) is 2.86. The van der Waals surface area contributed by atoms with Crippen LogP contribution >= 0.6 is 0 Å². The number of nitrogens with zero attached hydrogens (tertiary/aromatic N) is 1. The van der Waals surface area contributed by atoms with Crippen LogP contribution in [-0.2, 0) is 0 Å². The zero-order chi connectivity index (χ0) is 12.4. The van der Waals surface area contributed by atoms with Gasteiger partial charge in [0.25, 0.3) is 0 Å². The van der Waals surface area contributed by atoms with Gasteiger partial charge in [0.1, 0.15) is 0 Å². The van der Waals surface area contributed by atoms with Crippen molar-refractivity contribution >= 4 is 0 Å². The van der Waals surface area contributed by atoms with E-state index in [4.69, 9.17) is 5.84 Å². The SMILES string of the molecule is NN1C(c2ccccc2)CCC1c1ccccc1. The van der Waals surface area contributed by atoms with Crippen LogP contribution in [0.1, 0.15) is 36.1 Å². The van der Waals surface area contributed by atoms with Gasteiger partial charge in [-0.25, -0.2) is 5.01 Å². The van der Waals surface area contributed by atoms with Crippen molar-refractivity contribution in [3.63, 3.8) is 0 Å². The lowest BCUT2D eigenvalue weighted by Crippen LogP contribution is -2.32. The summed E-state index contributed by atoms with van der Waals surface area (Å²) in [4.78, 5) is 0. The van der Waals surface area contributed by atoms with Gasteiger partial charge in [-0.3, -0.25) is 5.84 Å². The highest BCUT2D eigenvalue weighted by atomic mass is 15.4. The predicted molar refractivity (Wildman–Crippen MR) is 73.6 cm³/mol. The van der Waals surface area contributed by atoms with Crippen LogP contribution in [0.3, 0.4) is 0 Å². The lowest BCUT2D eigenvalue weighted by Gasteiger charge is -2.25. The summed E-state index contributed by atoms with van der Waals surface area (Å²) in [5, 5.41) is 2.02. The van der Waals surface area contributed by atoms with Crippen molar-refractivity contribution in [2.45, 2.75) is 24.9 Å². The molecule has 0 aliphatic carbocycles. The first-order valence-electron chi connectivity index (χ1n) is 6.49. The van der Waals surface area contributed by atoms with Crippen LogP contribution in [0, 0.1) is 0 Å². The molecule has 2 nitrogen and oxygen atoms in total. The van der Waals surface area contributed by atoms with Crippen molar-refractivity contribution in [1.82, 2.24) is 5.01 Å². The molecule has 0 radical (unpaired) electrons. The monoisotopic (exact) mass is 238 g/mol. The van der Waals surface area contributed by atoms with E-state index in [-0.39, 0.29) is 0 Å². The van der Waals surface area contributed by atoms with Crippen LogP contribution in [0.15, 0.2) is 60.7 Å². The predicted octanol–water partition coefficient (Wildman–Crippen LogP) is 3.44. The number of nitrogens with two attached hydrogens (primary N) is 1. The van der Waals surface area contributed by atoms with Gasteiger partial charge in [0.2, 0.25) is 0 Å². The van der Waals surface area contributed by atoms with Gasteiger partial charge in [0, 0.05) is 12.1 Å². The highest BCUT2D eigenvalue weighted by Gasteiger charge is 2.32. The molecule has 2 heteroatoms. The number of benzene rings is 2. The Hall–Kier alpha value is -1.64. The summed E-state index contributed by atoms with van der Waals surface area (Å²) in [6, 6.07) is 21.8. The van der Waals surface area contributed by atoms with Gasteiger partial charge in [-0.2, -0.15) is 0 Å². The summed E-state index contributed by atoms with van der Waals surface area (Å²) in [7, 11) is 0. The largest absolute Gasteiger partial charge is 0.268 e. The smallest absolute Gasteiger partial charge is 0.0498 e. The second-order valence-corrected chi connectivity index (χ2v) is 4.88. The number of rotatable bonds is 2. The highest BCUT2D eigenvalue weighted by molar-refractivity contribution is 5.24. The van der Waals surface area contributed by atoms with E-state index in [0.29, 0.717) is 12.1 Å². The summed E-state index contributed by atoms with van der Waals surface area (Å²) in [6.45, 7) is 0. The normalized spacial score (nSPS) is 24.3. The Balaban J connectivity index is 1.83. The quantitative estimate of drug-likeness (QED) is 0.812. The molecule has 0 saturated carbocycles. The Bertz CT molecular complexity index is 448. The van der Waals surface area contributed by atoms with Crippen molar-refractivity contribution < 1.29 is 0 Å². The van der Waals surface area contributed by atoms with Gasteiger partial charge in [0.05, 0.1) is 0 Å². The average Bonchev–Trinajstić information content (AvgIpc) is 2.83. The van der Waals surface area contributed by atoms with Crippen LogP contribution < -0.4 is 5.84 Å². The second-order valence-electron chi connectivity index (χ2n) is 4.88. The lowest BCUT2D eigenvalue weighted by molar-refractivity contribution is 0.200. The molecular formula is C16H18N2. The summed E-state index contributed by atoms with van der Waals surface area (Å²) in [5.74, 6) is 6.32. The van der Waals surface area contributed by atoms with E-state index < -0.39 is 0 Å². The molecule has 0 aromatic heterocycles. The molecule has 0 spiro atoms. The molecular weight excluding hydrogens is 220 g/mol. The first kappa shape index (κ1) is 11.5. The third-order valence-corrected chi connectivity index (χ3v) is 3.80. The molecule has 2 aromatic rings. The first-order chi connectivity index (χ1) is 8.86. The van der Waals surface area contributed by atoms with E-state index in [1.807, 2.05) is 17.1 Å². The van der Waals surface area contributed by atoms with Gasteiger partial charge in [-0.05, 0) is 24.0 Å². The minimum absolute atomic E-state index is 0.344. The molecule has 1 heterocycles. The van der Waals surface area contributed by atoms with Gasteiger partial charge in [-0.1, -0.05) is 60.7 Å². The summed E-state index contributed by atoms with van der Waals surface area (Å²) < 4.78 is 0. The van der Waals surface area contributed by atoms with Gasteiger partial charge in [0.15, 0.2) is 0 Å². The maximum Gasteiger partial charge on any atom is 0.0498 e. The van der Waals surface area contributed by atoms with E-state index in [1.165, 1.54) is 11.1 Å². The number of hydrogen-bond donors (Lipinski definition) is 1. The molecule has 3 rings (SSSR count). The van der Waals surface area contributed by atoms with Crippen molar-refractivity contribution in [3.8, 4) is 0 Å². The van der Waals surface area contributed by atoms with Crippen LogP contribution in [-0.4, -0.2) is 5.01 Å². The van der Waals surface area contributed by atoms with Gasteiger partial charge >= 0.3 is 0 Å². The molecule has 1 fully saturated rings. The van der Waals surface area contributed by atoms with E-state index >= 15 is 0 Å². The topological polar surface area (TPSA) is 29.3 Å². The molecule has 2 unspecified atom stereocenters. The lowest BCUT2D eigenvalue weighted by atomic mass is 10.0. The third kappa shape index (κ3) is 2.05. The van der Waals surface area contributed by atoms with Crippen LogP contribution in [0.2, 0.25) is 0 Å². The van der Waals surface area contributed by atoms with E-state index in [9.17, 15) is 0 Å². The van der Waals surface area contributed by atoms with Crippen LogP contribution in [0.25, 0.3) is 0 Å². The Kier molecular flexibility index (Phi) is 3.13. The number of hydrogen-bond acceptors (Lipinski definition) is 2. The van der Waals surface area contributed by atoms with Gasteiger partial charge < -0.3 is 0 Å². The molecule has 2 atom stereocenters. The standard InChI is InChI=1S/C16H18N2/c17-18-15(13-7-3-1-4-8-13)11-12-16(18)14-9-5-2-6-10-14/h1-10,15-16H,11-12,17H2. The van der Waals surface area contributed by atoms with Gasteiger partial charge in [-0.15, -0.1) is 0 Å². The molecule has 2 aromatic carbocycles. The van der Waals surface area contributed by atoms with Crippen LogP contribution in [0.4, 0.5) is 0 Å². The van der Waals surface area contributed by atoms with Crippen molar-refractivity contribution in [3.05, 3.63) is 71.8 Å².